The van der Waals surface area contributed by atoms with E-state index in [0.717, 1.165) is 4.90 Å². The second-order valence-corrected chi connectivity index (χ2v) is 7.99. The van der Waals surface area contributed by atoms with Crippen LogP contribution in [0.5, 0.6) is 11.5 Å². The summed E-state index contributed by atoms with van der Waals surface area (Å²) in [7, 11) is 6.87. The van der Waals surface area contributed by atoms with E-state index >= 15 is 0 Å². The van der Waals surface area contributed by atoms with Crippen LogP contribution in [-0.2, 0) is 9.59 Å². The van der Waals surface area contributed by atoms with Crippen molar-refractivity contribution in [3.63, 3.8) is 0 Å². The van der Waals surface area contributed by atoms with Gasteiger partial charge in [-0.15, -0.1) is 0 Å². The standard InChI is InChI=1S/C23H25ClN2O5/c1-25(2)11-12-26-20(14-5-8-16(24)9-6-14)19(22(28)23(26)29)21(27)15-7-10-17(30-3)18(13-15)31-4/h5-10,13,20,27H,11-12H2,1-4H3. The summed E-state index contributed by atoms with van der Waals surface area (Å²) >= 11 is 6.02. The average Bonchev–Trinajstić information content (AvgIpc) is 3.01. The van der Waals surface area contributed by atoms with E-state index in [1.54, 1.807) is 36.4 Å². The molecule has 0 saturated carbocycles. The highest BCUT2D eigenvalue weighted by molar-refractivity contribution is 6.46. The number of ether oxygens (including phenoxy) is 2. The molecule has 2 aromatic rings. The number of ketones is 1. The fourth-order valence-electron chi connectivity index (χ4n) is 3.57. The Morgan fingerprint density at radius 3 is 2.29 bits per heavy atom. The quantitative estimate of drug-likeness (QED) is 0.386. The fourth-order valence-corrected chi connectivity index (χ4v) is 3.70. The maximum atomic E-state index is 13.4. The lowest BCUT2D eigenvalue weighted by atomic mass is 9.95. The minimum atomic E-state index is -0.784. The lowest BCUT2D eigenvalue weighted by Crippen LogP contribution is -3.06. The maximum Gasteiger partial charge on any atom is 0.295 e. The molecule has 8 heteroatoms. The largest absolute Gasteiger partial charge is 0.872 e. The number of likely N-dealkylation sites (tertiary alicyclic amines) is 1. The smallest absolute Gasteiger partial charge is 0.295 e. The number of carbonyl (C=O) groups is 2. The highest BCUT2D eigenvalue weighted by atomic mass is 35.5. The van der Waals surface area contributed by atoms with E-state index in [2.05, 4.69) is 0 Å². The number of rotatable bonds is 7. The van der Waals surface area contributed by atoms with Crippen LogP contribution in [0.2, 0.25) is 5.02 Å². The molecular weight excluding hydrogens is 420 g/mol. The highest BCUT2D eigenvalue weighted by Crippen LogP contribution is 2.39. The predicted octanol–water partition coefficient (Wildman–Crippen LogP) is 0.726. The number of nitrogens with zero attached hydrogens (tertiary/aromatic N) is 1. The van der Waals surface area contributed by atoms with E-state index in [9.17, 15) is 14.7 Å². The van der Waals surface area contributed by atoms with Gasteiger partial charge in [-0.25, -0.2) is 0 Å². The number of nitrogens with one attached hydrogen (secondary N) is 1. The number of halogens is 1. The van der Waals surface area contributed by atoms with Crippen LogP contribution in [0, 0.1) is 0 Å². The van der Waals surface area contributed by atoms with E-state index < -0.39 is 23.5 Å². The molecule has 3 rings (SSSR count). The third kappa shape index (κ3) is 4.52. The van der Waals surface area contributed by atoms with Crippen LogP contribution < -0.4 is 19.5 Å². The summed E-state index contributed by atoms with van der Waals surface area (Å²) in [4.78, 5) is 28.4. The van der Waals surface area contributed by atoms with Crippen molar-refractivity contribution in [3.8, 4) is 11.5 Å². The van der Waals surface area contributed by atoms with Crippen molar-refractivity contribution in [3.05, 3.63) is 64.2 Å². The van der Waals surface area contributed by atoms with Crippen LogP contribution in [-0.4, -0.2) is 58.0 Å². The minimum Gasteiger partial charge on any atom is -0.872 e. The van der Waals surface area contributed by atoms with Gasteiger partial charge >= 0.3 is 0 Å². The summed E-state index contributed by atoms with van der Waals surface area (Å²) in [5.74, 6) is -1.15. The van der Waals surface area contributed by atoms with Crippen molar-refractivity contribution in [1.82, 2.24) is 4.90 Å². The minimum absolute atomic E-state index is 0.0756. The van der Waals surface area contributed by atoms with Gasteiger partial charge in [0.05, 0.1) is 47.4 Å². The fraction of sp³-hybridized carbons (Fsp3) is 0.304. The van der Waals surface area contributed by atoms with Crippen molar-refractivity contribution < 1.29 is 29.1 Å². The molecule has 2 aromatic carbocycles. The Bertz CT molecular complexity index is 1020. The van der Waals surface area contributed by atoms with Crippen molar-refractivity contribution in [2.24, 2.45) is 0 Å². The molecule has 0 aliphatic carbocycles. The van der Waals surface area contributed by atoms with E-state index in [-0.39, 0.29) is 11.1 Å². The van der Waals surface area contributed by atoms with Crippen molar-refractivity contribution >= 4 is 29.1 Å². The molecule has 164 valence electrons. The molecule has 1 aliphatic heterocycles. The first-order valence-electron chi connectivity index (χ1n) is 9.81. The summed E-state index contributed by atoms with van der Waals surface area (Å²) < 4.78 is 10.5. The number of carbonyl (C=O) groups excluding carboxylic acids is 2. The summed E-state index contributed by atoms with van der Waals surface area (Å²) in [5.41, 5.74) is 0.822. The van der Waals surface area contributed by atoms with Gasteiger partial charge in [0.15, 0.2) is 11.5 Å². The third-order valence-corrected chi connectivity index (χ3v) is 5.47. The van der Waals surface area contributed by atoms with Crippen LogP contribution in [0.3, 0.4) is 0 Å². The molecule has 1 N–H and O–H groups in total. The van der Waals surface area contributed by atoms with Gasteiger partial charge < -0.3 is 24.4 Å². The zero-order chi connectivity index (χ0) is 22.7. The number of Topliss-reactive ketones (excluding diaryl/α,β-unsaturated/α-hetero) is 1. The van der Waals surface area contributed by atoms with Crippen molar-refractivity contribution in [2.75, 3.05) is 41.4 Å². The van der Waals surface area contributed by atoms with E-state index in [0.29, 0.717) is 35.2 Å². The lowest BCUT2D eigenvalue weighted by molar-refractivity contribution is -0.857. The normalized spacial score (nSPS) is 18.0. The van der Waals surface area contributed by atoms with E-state index in [1.165, 1.54) is 25.2 Å². The van der Waals surface area contributed by atoms with E-state index in [4.69, 9.17) is 21.1 Å². The zero-order valence-corrected chi connectivity index (χ0v) is 18.7. The number of amides is 1. The SMILES string of the molecule is COc1ccc(C([O-])=C2C(=O)C(=O)N(CC[NH+](C)C)C2c2ccc(Cl)cc2)cc1OC. The summed E-state index contributed by atoms with van der Waals surface area (Å²) in [6.45, 7) is 0.962. The molecule has 0 aromatic heterocycles. The number of hydrogen-bond acceptors (Lipinski definition) is 5. The van der Waals surface area contributed by atoms with Crippen LogP contribution in [0.15, 0.2) is 48.0 Å². The molecule has 1 atom stereocenters. The Kier molecular flexibility index (Phi) is 6.87. The Morgan fingerprint density at radius 2 is 1.71 bits per heavy atom. The molecule has 7 nitrogen and oxygen atoms in total. The Balaban J connectivity index is 2.15. The Labute approximate surface area is 186 Å². The van der Waals surface area contributed by atoms with Crippen LogP contribution >= 0.6 is 11.6 Å². The number of quaternary nitrogens is 1. The molecule has 1 unspecified atom stereocenters. The predicted molar refractivity (Wildman–Crippen MR) is 115 cm³/mol. The Hall–Kier alpha value is -3.03. The number of likely N-dealkylation sites (N-methyl/N-ethyl adjacent to an activating group) is 1. The third-order valence-electron chi connectivity index (χ3n) is 5.21. The van der Waals surface area contributed by atoms with Gasteiger partial charge in [-0.2, -0.15) is 0 Å². The summed E-state index contributed by atoms with van der Waals surface area (Å²) in [5, 5.41) is 14.0. The molecule has 1 fully saturated rings. The first kappa shape index (κ1) is 22.7. The van der Waals surface area contributed by atoms with Crippen LogP contribution in [0.25, 0.3) is 5.76 Å². The van der Waals surface area contributed by atoms with Crippen LogP contribution in [0.4, 0.5) is 0 Å². The van der Waals surface area contributed by atoms with Gasteiger partial charge in [0.25, 0.3) is 5.91 Å². The summed E-state index contributed by atoms with van der Waals surface area (Å²) in [6.07, 6.45) is 0. The maximum absolute atomic E-state index is 13.4. The molecule has 0 radical (unpaired) electrons. The monoisotopic (exact) mass is 444 g/mol. The van der Waals surface area contributed by atoms with Gasteiger partial charge in [0.2, 0.25) is 5.78 Å². The topological polar surface area (TPSA) is 83.3 Å². The number of benzene rings is 2. The molecule has 1 saturated heterocycles. The second kappa shape index (κ2) is 9.41. The van der Waals surface area contributed by atoms with Crippen molar-refractivity contribution in [1.29, 1.82) is 0 Å². The zero-order valence-electron chi connectivity index (χ0n) is 17.9. The van der Waals surface area contributed by atoms with Gasteiger partial charge in [-0.3, -0.25) is 9.59 Å². The molecule has 0 bridgehead atoms. The van der Waals surface area contributed by atoms with Crippen LogP contribution in [0.1, 0.15) is 17.2 Å². The van der Waals surface area contributed by atoms with Gasteiger partial charge in [-0.05, 0) is 35.4 Å². The lowest BCUT2D eigenvalue weighted by Gasteiger charge is -2.28. The van der Waals surface area contributed by atoms with Gasteiger partial charge in [0, 0.05) is 10.6 Å². The van der Waals surface area contributed by atoms with Gasteiger partial charge in [-0.1, -0.05) is 35.6 Å². The van der Waals surface area contributed by atoms with E-state index in [1.807, 2.05) is 14.1 Å². The number of hydrogen-bond donors (Lipinski definition) is 1. The number of methoxy groups -OCH3 is 2. The second-order valence-electron chi connectivity index (χ2n) is 7.55. The average molecular weight is 445 g/mol. The molecule has 0 spiro atoms. The van der Waals surface area contributed by atoms with Gasteiger partial charge in [0.1, 0.15) is 0 Å². The first-order chi connectivity index (χ1) is 14.8. The molecular formula is C23H25ClN2O5. The Morgan fingerprint density at radius 1 is 1.06 bits per heavy atom. The molecule has 1 aliphatic rings. The molecule has 1 amide bonds. The molecule has 1 heterocycles. The van der Waals surface area contributed by atoms with Crippen molar-refractivity contribution in [2.45, 2.75) is 6.04 Å². The summed E-state index contributed by atoms with van der Waals surface area (Å²) in [6, 6.07) is 10.7. The molecule has 31 heavy (non-hydrogen) atoms. The highest BCUT2D eigenvalue weighted by Gasteiger charge is 2.44. The first-order valence-corrected chi connectivity index (χ1v) is 10.2.